The van der Waals surface area contributed by atoms with E-state index in [0.29, 0.717) is 26.2 Å². The third-order valence-corrected chi connectivity index (χ3v) is 6.69. The van der Waals surface area contributed by atoms with Gasteiger partial charge in [-0.05, 0) is 7.05 Å². The molecule has 7 unspecified atom stereocenters. The molecule has 9 nitrogen and oxygen atoms in total. The summed E-state index contributed by atoms with van der Waals surface area (Å²) >= 11 is 6.20. The van der Waals surface area contributed by atoms with E-state index in [1.54, 1.807) is 0 Å². The molecular weight excluding hydrogens is 387 g/mol. The minimum Gasteiger partial charge on any atom is -0.350 e. The minimum absolute atomic E-state index is 0.0331. The van der Waals surface area contributed by atoms with Gasteiger partial charge in [-0.15, -0.1) is 11.6 Å². The Morgan fingerprint density at radius 2 is 1.96 bits per heavy atom. The molecule has 1 amide bonds. The summed E-state index contributed by atoms with van der Waals surface area (Å²) in [7, 11) is 2.08. The fourth-order valence-electron chi connectivity index (χ4n) is 4.87. The van der Waals surface area contributed by atoms with Crippen molar-refractivity contribution in [1.82, 2.24) is 36.2 Å². The van der Waals surface area contributed by atoms with Gasteiger partial charge in [-0.1, -0.05) is 0 Å². The number of nitrogens with zero attached hydrogens (tertiary/aromatic N) is 3. The number of amides is 1. The van der Waals surface area contributed by atoms with Crippen LogP contribution in [0.3, 0.4) is 0 Å². The molecule has 0 aromatic rings. The van der Waals surface area contributed by atoms with Crippen molar-refractivity contribution < 1.29 is 9.18 Å². The number of carbonyl (C=O) groups excluding carboxylic acids is 1. The van der Waals surface area contributed by atoms with E-state index in [4.69, 9.17) is 17.3 Å². The highest BCUT2D eigenvalue weighted by Gasteiger charge is 2.48. The zero-order valence-electron chi connectivity index (χ0n) is 16.3. The molecule has 6 N–H and O–H groups in total. The zero-order chi connectivity index (χ0) is 19.8. The van der Waals surface area contributed by atoms with Gasteiger partial charge in [-0.25, -0.2) is 14.8 Å². The molecule has 0 spiro atoms. The van der Waals surface area contributed by atoms with E-state index >= 15 is 0 Å². The molecular formula is C17H32ClFN8O. The first kappa shape index (κ1) is 20.7. The van der Waals surface area contributed by atoms with Gasteiger partial charge in [0.05, 0.1) is 35.7 Å². The Kier molecular flexibility index (Phi) is 6.38. The molecule has 11 heteroatoms. The number of carbonyl (C=O) groups is 1. The van der Waals surface area contributed by atoms with Gasteiger partial charge in [0.1, 0.15) is 6.17 Å². The van der Waals surface area contributed by atoms with Gasteiger partial charge < -0.3 is 21.3 Å². The van der Waals surface area contributed by atoms with Crippen LogP contribution in [-0.4, -0.2) is 116 Å². The number of piperazine rings is 1. The number of halogens is 2. The fraction of sp³-hybridized carbons (Fsp3) is 0.941. The summed E-state index contributed by atoms with van der Waals surface area (Å²) in [6, 6.07) is -0.600. The third kappa shape index (κ3) is 4.15. The molecule has 28 heavy (non-hydrogen) atoms. The average molecular weight is 419 g/mol. The van der Waals surface area contributed by atoms with Crippen LogP contribution in [-0.2, 0) is 4.79 Å². The van der Waals surface area contributed by atoms with Crippen LogP contribution in [0, 0.1) is 5.92 Å². The lowest BCUT2D eigenvalue weighted by Gasteiger charge is -2.45. The van der Waals surface area contributed by atoms with Gasteiger partial charge in [0.2, 0.25) is 5.91 Å². The van der Waals surface area contributed by atoms with Crippen LogP contribution in [0.4, 0.5) is 4.39 Å². The average Bonchev–Trinajstić information content (AvgIpc) is 2.98. The highest BCUT2D eigenvalue weighted by molar-refractivity contribution is 6.21. The Morgan fingerprint density at radius 3 is 2.71 bits per heavy atom. The summed E-state index contributed by atoms with van der Waals surface area (Å²) in [5.74, 6) is -0.606. The van der Waals surface area contributed by atoms with Gasteiger partial charge >= 0.3 is 0 Å². The molecule has 4 rings (SSSR count). The van der Waals surface area contributed by atoms with Crippen molar-refractivity contribution in [2.75, 3.05) is 59.4 Å². The molecule has 4 saturated heterocycles. The van der Waals surface area contributed by atoms with E-state index in [9.17, 15) is 9.18 Å². The number of nitrogens with one attached hydrogen (secondary N) is 4. The topological polar surface area (TPSA) is 101 Å². The lowest BCUT2D eigenvalue weighted by atomic mass is 9.94. The summed E-state index contributed by atoms with van der Waals surface area (Å²) in [6.45, 7) is 5.58. The predicted octanol–water partition coefficient (Wildman–Crippen LogP) is -2.71. The number of piperidine rings is 1. The molecule has 0 aromatic carbocycles. The molecule has 0 saturated carbocycles. The van der Waals surface area contributed by atoms with Crippen LogP contribution in [0.5, 0.6) is 0 Å². The molecule has 4 aliphatic heterocycles. The van der Waals surface area contributed by atoms with Gasteiger partial charge in [-0.3, -0.25) is 15.0 Å². The number of hydrogen-bond acceptors (Lipinski definition) is 8. The smallest absolute Gasteiger partial charge is 0.229 e. The van der Waals surface area contributed by atoms with Crippen molar-refractivity contribution in [1.29, 1.82) is 0 Å². The van der Waals surface area contributed by atoms with Crippen molar-refractivity contribution >= 4 is 17.5 Å². The van der Waals surface area contributed by atoms with Crippen molar-refractivity contribution in [2.45, 2.75) is 36.0 Å². The second kappa shape index (κ2) is 8.65. The molecule has 0 bridgehead atoms. The van der Waals surface area contributed by atoms with Crippen molar-refractivity contribution in [3.05, 3.63) is 0 Å². The summed E-state index contributed by atoms with van der Waals surface area (Å²) in [4.78, 5) is 17.6. The number of hydrazine groups is 1. The lowest BCUT2D eigenvalue weighted by molar-refractivity contribution is -0.128. The van der Waals surface area contributed by atoms with Crippen molar-refractivity contribution in [3.63, 3.8) is 0 Å². The first-order valence-corrected chi connectivity index (χ1v) is 10.6. The van der Waals surface area contributed by atoms with Crippen LogP contribution in [0.1, 0.15) is 0 Å². The molecule has 0 radical (unpaired) electrons. The third-order valence-electron chi connectivity index (χ3n) is 6.40. The van der Waals surface area contributed by atoms with Gasteiger partial charge in [0.25, 0.3) is 0 Å². The Hall–Kier alpha value is -0.590. The molecule has 4 fully saturated rings. The summed E-state index contributed by atoms with van der Waals surface area (Å²) < 4.78 is 14.9. The summed E-state index contributed by atoms with van der Waals surface area (Å²) in [6.07, 6.45) is -1.72. The molecule has 4 heterocycles. The van der Waals surface area contributed by atoms with E-state index in [-0.39, 0.29) is 29.5 Å². The fourth-order valence-corrected chi connectivity index (χ4v) is 5.11. The zero-order valence-corrected chi connectivity index (χ0v) is 17.0. The molecule has 7 atom stereocenters. The molecule has 0 aromatic heterocycles. The number of fused-ring (bicyclic) bond motifs is 1. The lowest BCUT2D eigenvalue weighted by Crippen LogP contribution is -2.68. The quantitative estimate of drug-likeness (QED) is 0.315. The first-order chi connectivity index (χ1) is 13.4. The molecule has 0 aliphatic carbocycles. The monoisotopic (exact) mass is 418 g/mol. The van der Waals surface area contributed by atoms with Crippen LogP contribution < -0.4 is 27.1 Å². The van der Waals surface area contributed by atoms with E-state index < -0.39 is 18.3 Å². The van der Waals surface area contributed by atoms with Crippen molar-refractivity contribution in [2.24, 2.45) is 11.7 Å². The van der Waals surface area contributed by atoms with Gasteiger partial charge in [-0.2, -0.15) is 0 Å². The van der Waals surface area contributed by atoms with E-state index in [1.165, 1.54) is 0 Å². The van der Waals surface area contributed by atoms with Crippen LogP contribution in [0.2, 0.25) is 0 Å². The van der Waals surface area contributed by atoms with E-state index in [2.05, 4.69) is 38.2 Å². The number of alkyl halides is 2. The highest BCUT2D eigenvalue weighted by atomic mass is 35.5. The molecule has 4 aliphatic rings. The van der Waals surface area contributed by atoms with E-state index in [1.807, 2.05) is 5.01 Å². The Balaban J connectivity index is 1.43. The number of hydrogen-bond donors (Lipinski definition) is 5. The van der Waals surface area contributed by atoms with Crippen molar-refractivity contribution in [3.8, 4) is 0 Å². The second-order valence-electron chi connectivity index (χ2n) is 8.40. The Morgan fingerprint density at radius 1 is 1.21 bits per heavy atom. The normalized spacial score (nSPS) is 43.6. The Labute approximate surface area is 170 Å². The summed E-state index contributed by atoms with van der Waals surface area (Å²) in [5.41, 5.74) is 9.35. The highest BCUT2D eigenvalue weighted by Crippen LogP contribution is 2.24. The largest absolute Gasteiger partial charge is 0.350 e. The molecule has 160 valence electrons. The maximum absolute atomic E-state index is 14.9. The van der Waals surface area contributed by atoms with Crippen LogP contribution in [0.15, 0.2) is 0 Å². The second-order valence-corrected chi connectivity index (χ2v) is 9.02. The first-order valence-electron chi connectivity index (χ1n) is 10.2. The maximum atomic E-state index is 14.9. The van der Waals surface area contributed by atoms with Gasteiger partial charge in [0, 0.05) is 52.4 Å². The summed E-state index contributed by atoms with van der Waals surface area (Å²) in [5, 5.41) is 11.4. The van der Waals surface area contributed by atoms with Crippen LogP contribution >= 0.6 is 11.6 Å². The van der Waals surface area contributed by atoms with Crippen LogP contribution in [0.25, 0.3) is 0 Å². The SMILES string of the molecule is CN1CCN(C2C(F)CNCC2NC(=O)C2C(N)NN3CC(Cl)CNC23)CC1. The minimum atomic E-state index is -1.01. The number of nitrogens with two attached hydrogens (primary N) is 1. The van der Waals surface area contributed by atoms with E-state index in [0.717, 1.165) is 26.2 Å². The number of likely N-dealkylation sites (N-methyl/N-ethyl adjacent to an activating group) is 1. The Bertz CT molecular complexity index is 565. The number of rotatable bonds is 3. The predicted molar refractivity (Wildman–Crippen MR) is 105 cm³/mol. The standard InChI is InChI=1S/C17H32ClFN8O/c1-25-2-4-26(5-3-25)14-11(19)7-21-8-12(14)23-17(28)13-15(20)24-27-9-10(18)6-22-16(13)27/h10-16,21-22,24H,2-9,20H2,1H3,(H,23,28). The van der Waals surface area contributed by atoms with Gasteiger partial charge in [0.15, 0.2) is 0 Å². The maximum Gasteiger partial charge on any atom is 0.229 e.